The Morgan fingerprint density at radius 1 is 1.11 bits per heavy atom. The lowest BCUT2D eigenvalue weighted by atomic mass is 10.1. The van der Waals surface area contributed by atoms with Crippen LogP contribution in [0.25, 0.3) is 0 Å². The number of carbonyl (C=O) groups excluding carboxylic acids is 1. The van der Waals surface area contributed by atoms with E-state index in [1.165, 1.54) is 18.6 Å². The number of nitro groups is 1. The Morgan fingerprint density at radius 2 is 1.79 bits per heavy atom. The molecule has 1 heterocycles. The van der Waals surface area contributed by atoms with Crippen LogP contribution in [0.1, 0.15) is 24.8 Å². The van der Waals surface area contributed by atoms with Gasteiger partial charge in [-0.15, -0.1) is 0 Å². The molecule has 146 valence electrons. The van der Waals surface area contributed by atoms with Gasteiger partial charge in [0.2, 0.25) is 0 Å². The lowest BCUT2D eigenvalue weighted by molar-refractivity contribution is -0.384. The molecular weight excluding hydrogens is 360 g/mol. The Labute approximate surface area is 163 Å². The predicted octanol–water partition coefficient (Wildman–Crippen LogP) is 3.43. The molecule has 1 N–H and O–H groups in total. The van der Waals surface area contributed by atoms with E-state index in [2.05, 4.69) is 10.5 Å². The number of carbonyl (C=O) groups is 1. The lowest BCUT2D eigenvalue weighted by Crippen LogP contribution is -2.38. The fourth-order valence-corrected chi connectivity index (χ4v) is 2.87. The zero-order valence-corrected chi connectivity index (χ0v) is 15.4. The molecule has 8 nitrogen and oxygen atoms in total. The minimum absolute atomic E-state index is 0.0256. The van der Waals surface area contributed by atoms with Gasteiger partial charge in [0.1, 0.15) is 5.75 Å². The third kappa shape index (κ3) is 5.54. The number of hydrazone groups is 1. The van der Waals surface area contributed by atoms with Crippen molar-refractivity contribution in [2.75, 3.05) is 25.1 Å². The molecule has 1 saturated heterocycles. The predicted molar refractivity (Wildman–Crippen MR) is 107 cm³/mol. The second kappa shape index (κ2) is 9.50. The summed E-state index contributed by atoms with van der Waals surface area (Å²) >= 11 is 0. The molecule has 0 atom stereocenters. The average molecular weight is 382 g/mol. The number of likely N-dealkylation sites (tertiary alicyclic amines) is 1. The summed E-state index contributed by atoms with van der Waals surface area (Å²) in [5.74, 6) is 0.656. The largest absolute Gasteiger partial charge is 0.484 e. The number of amides is 1. The molecule has 1 aliphatic rings. The van der Waals surface area contributed by atoms with Gasteiger partial charge in [-0.2, -0.15) is 5.10 Å². The number of nitro benzene ring substituents is 1. The van der Waals surface area contributed by atoms with E-state index >= 15 is 0 Å². The van der Waals surface area contributed by atoms with Gasteiger partial charge in [0.25, 0.3) is 11.6 Å². The second-order valence-corrected chi connectivity index (χ2v) is 6.47. The summed E-state index contributed by atoms with van der Waals surface area (Å²) in [5, 5.41) is 14.7. The van der Waals surface area contributed by atoms with Crippen LogP contribution in [0.15, 0.2) is 53.6 Å². The third-order valence-electron chi connectivity index (χ3n) is 4.44. The summed E-state index contributed by atoms with van der Waals surface area (Å²) in [4.78, 5) is 24.1. The van der Waals surface area contributed by atoms with Gasteiger partial charge in [-0.05, 0) is 61.2 Å². The van der Waals surface area contributed by atoms with Crippen molar-refractivity contribution >= 4 is 23.5 Å². The summed E-state index contributed by atoms with van der Waals surface area (Å²) < 4.78 is 5.57. The molecule has 0 bridgehead atoms. The van der Waals surface area contributed by atoms with Crippen LogP contribution in [-0.4, -0.2) is 41.6 Å². The first-order valence-electron chi connectivity index (χ1n) is 9.16. The molecule has 28 heavy (non-hydrogen) atoms. The topological polar surface area (TPSA) is 97.1 Å². The highest BCUT2D eigenvalue weighted by molar-refractivity contribution is 5.80. The van der Waals surface area contributed by atoms with Crippen LogP contribution >= 0.6 is 0 Å². The first kappa shape index (κ1) is 19.3. The number of piperidine rings is 1. The van der Waals surface area contributed by atoms with Gasteiger partial charge >= 0.3 is 0 Å². The zero-order chi connectivity index (χ0) is 19.8. The number of nitrogens with zero attached hydrogens (tertiary/aromatic N) is 3. The minimum atomic E-state index is -0.448. The third-order valence-corrected chi connectivity index (χ3v) is 4.44. The highest BCUT2D eigenvalue weighted by Gasteiger charge is 2.16. The van der Waals surface area contributed by atoms with Gasteiger partial charge in [-0.3, -0.25) is 20.3 Å². The number of non-ortho nitro benzene ring substituents is 1. The van der Waals surface area contributed by atoms with Crippen LogP contribution in [0.4, 0.5) is 11.4 Å². The molecule has 1 aliphatic heterocycles. The molecule has 0 aromatic heterocycles. The van der Waals surface area contributed by atoms with Crippen molar-refractivity contribution in [3.63, 3.8) is 0 Å². The molecule has 2 aromatic rings. The molecule has 0 aliphatic carbocycles. The maximum Gasteiger partial charge on any atom is 0.269 e. The summed E-state index contributed by atoms with van der Waals surface area (Å²) in [7, 11) is 0. The molecule has 3 rings (SSSR count). The highest BCUT2D eigenvalue weighted by atomic mass is 16.6. The standard InChI is InChI=1S/C20H22N4O4/c25-20(23-12-2-1-3-13-23)15-28-19-10-4-16(5-11-19)14-21-22-17-6-8-18(9-7-17)24(26)27/h4-11,14,22H,1-3,12-13,15H2/b21-14+. The van der Waals surface area contributed by atoms with Crippen molar-refractivity contribution in [3.8, 4) is 5.75 Å². The number of rotatable bonds is 7. The SMILES string of the molecule is O=C(COc1ccc(/C=N/Nc2ccc([N+](=O)[O-])cc2)cc1)N1CCCCC1. The van der Waals surface area contributed by atoms with Crippen LogP contribution in [0.5, 0.6) is 5.75 Å². The maximum atomic E-state index is 12.1. The van der Waals surface area contributed by atoms with E-state index < -0.39 is 4.92 Å². The van der Waals surface area contributed by atoms with Gasteiger partial charge in [0.05, 0.1) is 16.8 Å². The summed E-state index contributed by atoms with van der Waals surface area (Å²) in [6, 6.07) is 13.2. The lowest BCUT2D eigenvalue weighted by Gasteiger charge is -2.26. The normalized spacial score (nSPS) is 14.1. The van der Waals surface area contributed by atoms with Crippen LogP contribution in [0, 0.1) is 10.1 Å². The van der Waals surface area contributed by atoms with E-state index in [0.29, 0.717) is 11.4 Å². The number of hydrogen-bond donors (Lipinski definition) is 1. The molecular formula is C20H22N4O4. The van der Waals surface area contributed by atoms with Gasteiger partial charge < -0.3 is 9.64 Å². The van der Waals surface area contributed by atoms with Gasteiger partial charge in [0.15, 0.2) is 6.61 Å². The van der Waals surface area contributed by atoms with Crippen molar-refractivity contribution in [2.45, 2.75) is 19.3 Å². The molecule has 0 radical (unpaired) electrons. The number of nitrogens with one attached hydrogen (secondary N) is 1. The summed E-state index contributed by atoms with van der Waals surface area (Å²) in [6.07, 6.45) is 4.94. The number of hydrogen-bond acceptors (Lipinski definition) is 6. The summed E-state index contributed by atoms with van der Waals surface area (Å²) in [6.45, 7) is 1.69. The van der Waals surface area contributed by atoms with Crippen molar-refractivity contribution in [1.29, 1.82) is 0 Å². The van der Waals surface area contributed by atoms with Gasteiger partial charge in [0, 0.05) is 25.2 Å². The molecule has 8 heteroatoms. The summed E-state index contributed by atoms with van der Waals surface area (Å²) in [5.41, 5.74) is 4.35. The van der Waals surface area contributed by atoms with Crippen molar-refractivity contribution < 1.29 is 14.5 Å². The van der Waals surface area contributed by atoms with E-state index in [1.54, 1.807) is 30.5 Å². The average Bonchev–Trinajstić information content (AvgIpc) is 2.74. The van der Waals surface area contributed by atoms with Crippen LogP contribution in [0.2, 0.25) is 0 Å². The van der Waals surface area contributed by atoms with E-state index in [-0.39, 0.29) is 18.2 Å². The Morgan fingerprint density at radius 3 is 2.43 bits per heavy atom. The number of benzene rings is 2. The highest BCUT2D eigenvalue weighted by Crippen LogP contribution is 2.16. The molecule has 0 unspecified atom stereocenters. The monoisotopic (exact) mass is 382 g/mol. The first-order valence-corrected chi connectivity index (χ1v) is 9.16. The number of anilines is 1. The smallest absolute Gasteiger partial charge is 0.269 e. The van der Waals surface area contributed by atoms with Gasteiger partial charge in [-0.1, -0.05) is 0 Å². The van der Waals surface area contributed by atoms with Gasteiger partial charge in [-0.25, -0.2) is 0 Å². The molecule has 1 fully saturated rings. The van der Waals surface area contributed by atoms with E-state index in [0.717, 1.165) is 31.5 Å². The zero-order valence-electron chi connectivity index (χ0n) is 15.4. The van der Waals surface area contributed by atoms with Crippen molar-refractivity contribution in [3.05, 3.63) is 64.2 Å². The quantitative estimate of drug-likeness (QED) is 0.449. The Balaban J connectivity index is 1.46. The Bertz CT molecular complexity index is 828. The second-order valence-electron chi connectivity index (χ2n) is 6.47. The fourth-order valence-electron chi connectivity index (χ4n) is 2.87. The fraction of sp³-hybridized carbons (Fsp3) is 0.300. The Hall–Kier alpha value is -3.42. The molecule has 0 saturated carbocycles. The Kier molecular flexibility index (Phi) is 6.56. The van der Waals surface area contributed by atoms with Crippen LogP contribution in [-0.2, 0) is 4.79 Å². The van der Waals surface area contributed by atoms with Crippen molar-refractivity contribution in [2.24, 2.45) is 5.10 Å². The minimum Gasteiger partial charge on any atom is -0.484 e. The van der Waals surface area contributed by atoms with E-state index in [4.69, 9.17) is 4.74 Å². The molecule has 1 amide bonds. The maximum absolute atomic E-state index is 12.1. The first-order chi connectivity index (χ1) is 13.6. The molecule has 2 aromatic carbocycles. The van der Waals surface area contributed by atoms with Crippen molar-refractivity contribution in [1.82, 2.24) is 4.90 Å². The van der Waals surface area contributed by atoms with Crippen LogP contribution in [0.3, 0.4) is 0 Å². The van der Waals surface area contributed by atoms with Crippen LogP contribution < -0.4 is 10.2 Å². The van der Waals surface area contributed by atoms with E-state index in [1.807, 2.05) is 17.0 Å². The van der Waals surface area contributed by atoms with E-state index in [9.17, 15) is 14.9 Å². The molecule has 0 spiro atoms. The number of ether oxygens (including phenoxy) is 1.